The first-order valence-corrected chi connectivity index (χ1v) is 7.49. The molecule has 1 aliphatic rings. The fourth-order valence-electron chi connectivity index (χ4n) is 3.18. The van der Waals surface area contributed by atoms with Crippen molar-refractivity contribution in [3.63, 3.8) is 0 Å². The third kappa shape index (κ3) is 2.78. The summed E-state index contributed by atoms with van der Waals surface area (Å²) < 4.78 is 5.94. The lowest BCUT2D eigenvalue weighted by Crippen LogP contribution is -2.33. The molecule has 1 saturated heterocycles. The van der Waals surface area contributed by atoms with Crippen LogP contribution in [0.4, 0.5) is 0 Å². The van der Waals surface area contributed by atoms with Crippen molar-refractivity contribution in [3.8, 4) is 0 Å². The molecule has 19 heavy (non-hydrogen) atoms. The van der Waals surface area contributed by atoms with Crippen molar-refractivity contribution < 1.29 is 4.74 Å². The van der Waals surface area contributed by atoms with Crippen molar-refractivity contribution in [2.75, 3.05) is 7.05 Å². The van der Waals surface area contributed by atoms with Crippen molar-refractivity contribution in [1.82, 2.24) is 5.32 Å². The van der Waals surface area contributed by atoms with Gasteiger partial charge in [-0.05, 0) is 38.4 Å². The number of hydrogen-bond acceptors (Lipinski definition) is 2. The van der Waals surface area contributed by atoms with Crippen LogP contribution in [0, 0.1) is 11.8 Å². The summed E-state index contributed by atoms with van der Waals surface area (Å²) in [5, 5.41) is 4.63. The van der Waals surface area contributed by atoms with Crippen molar-refractivity contribution in [2.24, 2.45) is 11.8 Å². The maximum atomic E-state index is 6.36. The average molecular weight is 302 g/mol. The predicted molar refractivity (Wildman–Crippen MR) is 80.9 cm³/mol. The van der Waals surface area contributed by atoms with Gasteiger partial charge in [-0.2, -0.15) is 0 Å². The first kappa shape index (κ1) is 15.1. The lowest BCUT2D eigenvalue weighted by Gasteiger charge is -2.30. The van der Waals surface area contributed by atoms with E-state index in [0.717, 1.165) is 5.56 Å². The van der Waals surface area contributed by atoms with Gasteiger partial charge in [-0.3, -0.25) is 0 Å². The second-order valence-corrected chi connectivity index (χ2v) is 6.18. The molecule has 4 heteroatoms. The van der Waals surface area contributed by atoms with E-state index in [4.69, 9.17) is 27.9 Å². The summed E-state index contributed by atoms with van der Waals surface area (Å²) >= 11 is 12.5. The molecule has 0 saturated carbocycles. The van der Waals surface area contributed by atoms with Crippen LogP contribution in [0.5, 0.6) is 0 Å². The zero-order valence-electron chi connectivity index (χ0n) is 11.8. The van der Waals surface area contributed by atoms with Crippen LogP contribution in [-0.2, 0) is 4.74 Å². The monoisotopic (exact) mass is 301 g/mol. The third-order valence-electron chi connectivity index (χ3n) is 4.33. The lowest BCUT2D eigenvalue weighted by molar-refractivity contribution is 0.0478. The minimum Gasteiger partial charge on any atom is -0.375 e. The summed E-state index contributed by atoms with van der Waals surface area (Å²) in [5.41, 5.74) is 1.05. The Labute approximate surface area is 125 Å². The molecule has 0 aromatic heterocycles. The molecule has 1 fully saturated rings. The fraction of sp³-hybridized carbons (Fsp3) is 0.600. The van der Waals surface area contributed by atoms with Crippen LogP contribution in [0.15, 0.2) is 18.2 Å². The van der Waals surface area contributed by atoms with Crippen molar-refractivity contribution >= 4 is 23.2 Å². The summed E-state index contributed by atoms with van der Waals surface area (Å²) in [7, 11) is 1.96. The Morgan fingerprint density at radius 2 is 1.84 bits per heavy atom. The Balaban J connectivity index is 2.37. The molecule has 0 aliphatic carbocycles. The molecule has 5 unspecified atom stereocenters. The second-order valence-electron chi connectivity index (χ2n) is 5.39. The molecule has 2 nitrogen and oxygen atoms in total. The van der Waals surface area contributed by atoms with Crippen LogP contribution in [0.2, 0.25) is 10.0 Å². The van der Waals surface area contributed by atoms with E-state index in [1.54, 1.807) is 0 Å². The van der Waals surface area contributed by atoms with E-state index in [9.17, 15) is 0 Å². The van der Waals surface area contributed by atoms with E-state index in [2.05, 4.69) is 26.1 Å². The van der Waals surface area contributed by atoms with Crippen LogP contribution in [0.1, 0.15) is 32.4 Å². The summed E-state index contributed by atoms with van der Waals surface area (Å²) in [5.74, 6) is 0.860. The molecular weight excluding hydrogens is 281 g/mol. The van der Waals surface area contributed by atoms with Crippen LogP contribution < -0.4 is 5.32 Å². The Kier molecular flexibility index (Phi) is 4.78. The molecule has 1 aliphatic heterocycles. The first-order valence-electron chi connectivity index (χ1n) is 6.74. The number of ether oxygens (including phenoxy) is 1. The van der Waals surface area contributed by atoms with Gasteiger partial charge in [0.1, 0.15) is 0 Å². The molecule has 0 bridgehead atoms. The highest BCUT2D eigenvalue weighted by Crippen LogP contribution is 2.43. The van der Waals surface area contributed by atoms with Crippen LogP contribution in [0.3, 0.4) is 0 Å². The minimum atomic E-state index is 0.154. The molecule has 1 aromatic carbocycles. The summed E-state index contributed by atoms with van der Waals surface area (Å²) in [6, 6.07) is 5.96. The number of nitrogens with one attached hydrogen (secondary N) is 1. The van der Waals surface area contributed by atoms with Gasteiger partial charge in [0, 0.05) is 12.0 Å². The zero-order chi connectivity index (χ0) is 14.2. The van der Waals surface area contributed by atoms with Gasteiger partial charge in [-0.15, -0.1) is 0 Å². The average Bonchev–Trinajstić information content (AvgIpc) is 2.62. The SMILES string of the molecule is CNC(c1cccc(Cl)c1Cl)C1C(C)OC(C)C1C. The van der Waals surface area contributed by atoms with Crippen molar-refractivity contribution in [3.05, 3.63) is 33.8 Å². The maximum Gasteiger partial charge on any atom is 0.0640 e. The van der Waals surface area contributed by atoms with Gasteiger partial charge >= 0.3 is 0 Å². The van der Waals surface area contributed by atoms with Gasteiger partial charge in [-0.25, -0.2) is 0 Å². The highest BCUT2D eigenvalue weighted by Gasteiger charge is 2.42. The number of halogens is 2. The maximum absolute atomic E-state index is 6.36. The molecule has 0 amide bonds. The highest BCUT2D eigenvalue weighted by molar-refractivity contribution is 6.42. The molecule has 106 valence electrons. The van der Waals surface area contributed by atoms with E-state index < -0.39 is 0 Å². The largest absolute Gasteiger partial charge is 0.375 e. The van der Waals surface area contributed by atoms with Gasteiger partial charge in [0.15, 0.2) is 0 Å². The van der Waals surface area contributed by atoms with Crippen LogP contribution >= 0.6 is 23.2 Å². The van der Waals surface area contributed by atoms with Gasteiger partial charge in [0.25, 0.3) is 0 Å². The Morgan fingerprint density at radius 1 is 1.16 bits per heavy atom. The van der Waals surface area contributed by atoms with E-state index >= 15 is 0 Å². The predicted octanol–water partition coefficient (Wildman–Crippen LogP) is 4.31. The molecule has 0 radical (unpaired) electrons. The highest BCUT2D eigenvalue weighted by atomic mass is 35.5. The summed E-state index contributed by atoms with van der Waals surface area (Å²) in [6.07, 6.45) is 0.478. The molecule has 1 aromatic rings. The Bertz CT molecular complexity index is 452. The van der Waals surface area contributed by atoms with Crippen molar-refractivity contribution in [1.29, 1.82) is 0 Å². The number of benzene rings is 1. The number of rotatable bonds is 3. The van der Waals surface area contributed by atoms with Gasteiger partial charge in [0.05, 0.1) is 22.3 Å². The standard InChI is InChI=1S/C15H21Cl2NO/c1-8-9(2)19-10(3)13(8)15(18-4)11-6-5-7-12(16)14(11)17/h5-10,13,15,18H,1-4H3. The molecule has 1 heterocycles. The van der Waals surface area contributed by atoms with E-state index in [1.165, 1.54) is 0 Å². The minimum absolute atomic E-state index is 0.154. The smallest absolute Gasteiger partial charge is 0.0640 e. The Morgan fingerprint density at radius 3 is 2.37 bits per heavy atom. The normalized spacial score (nSPS) is 32.5. The van der Waals surface area contributed by atoms with E-state index in [-0.39, 0.29) is 18.2 Å². The molecule has 1 N–H and O–H groups in total. The summed E-state index contributed by atoms with van der Waals surface area (Å²) in [4.78, 5) is 0. The molecule has 2 rings (SSSR count). The quantitative estimate of drug-likeness (QED) is 0.898. The van der Waals surface area contributed by atoms with Crippen LogP contribution in [0.25, 0.3) is 0 Å². The van der Waals surface area contributed by atoms with Crippen LogP contribution in [-0.4, -0.2) is 19.3 Å². The van der Waals surface area contributed by atoms with Gasteiger partial charge in [0.2, 0.25) is 0 Å². The fourth-order valence-corrected chi connectivity index (χ4v) is 3.61. The second kappa shape index (κ2) is 6.01. The van der Waals surface area contributed by atoms with E-state index in [0.29, 0.717) is 21.9 Å². The van der Waals surface area contributed by atoms with Crippen molar-refractivity contribution in [2.45, 2.75) is 39.0 Å². The molecule has 5 atom stereocenters. The lowest BCUT2D eigenvalue weighted by atomic mass is 9.80. The zero-order valence-corrected chi connectivity index (χ0v) is 13.3. The van der Waals surface area contributed by atoms with E-state index in [1.807, 2.05) is 25.2 Å². The van der Waals surface area contributed by atoms with Gasteiger partial charge in [-0.1, -0.05) is 42.3 Å². The summed E-state index contributed by atoms with van der Waals surface area (Å²) in [6.45, 7) is 6.50. The third-order valence-corrected chi connectivity index (χ3v) is 5.16. The Hall–Kier alpha value is -0.280. The number of hydrogen-bond donors (Lipinski definition) is 1. The molecular formula is C15H21Cl2NO. The topological polar surface area (TPSA) is 21.3 Å². The first-order chi connectivity index (χ1) is 8.97. The van der Waals surface area contributed by atoms with Gasteiger partial charge < -0.3 is 10.1 Å². The molecule has 0 spiro atoms.